The molecular weight excluding hydrogens is 515 g/mol. The molecule has 1 aromatic carbocycles. The van der Waals surface area contributed by atoms with Crippen LogP contribution in [0.3, 0.4) is 0 Å². The number of hydrogen-bond donors (Lipinski definition) is 3. The topological polar surface area (TPSA) is 114 Å². The highest BCUT2D eigenvalue weighted by atomic mass is 19.1. The van der Waals surface area contributed by atoms with Gasteiger partial charge in [0.25, 0.3) is 5.91 Å². The van der Waals surface area contributed by atoms with Gasteiger partial charge in [-0.05, 0) is 94.4 Å². The minimum Gasteiger partial charge on any atom is -0.496 e. The number of benzene rings is 1. The fraction of sp³-hybridized carbons (Fsp3) is 0.710. The summed E-state index contributed by atoms with van der Waals surface area (Å²) in [6.45, 7) is 4.59. The average molecular weight is 559 g/mol. The summed E-state index contributed by atoms with van der Waals surface area (Å²) in [6.07, 6.45) is 8.95. The number of carbonyl (C=O) groups is 3. The van der Waals surface area contributed by atoms with Gasteiger partial charge in [0, 0.05) is 18.7 Å². The van der Waals surface area contributed by atoms with Crippen molar-refractivity contribution >= 4 is 17.8 Å². The van der Waals surface area contributed by atoms with Gasteiger partial charge in [0.1, 0.15) is 5.75 Å². The molecule has 4 unspecified atom stereocenters. The third-order valence-corrected chi connectivity index (χ3v) is 10.7. The number of rotatable bonds is 10. The van der Waals surface area contributed by atoms with Crippen molar-refractivity contribution in [1.29, 1.82) is 0 Å². The van der Waals surface area contributed by atoms with E-state index in [1.54, 1.807) is 6.92 Å². The highest BCUT2D eigenvalue weighted by Gasteiger charge is 2.52. The zero-order chi connectivity index (χ0) is 28.7. The van der Waals surface area contributed by atoms with E-state index in [0.717, 1.165) is 44.6 Å². The van der Waals surface area contributed by atoms with Crippen LogP contribution in [-0.4, -0.2) is 48.7 Å². The smallest absolute Gasteiger partial charge is 0.309 e. The monoisotopic (exact) mass is 558 g/mol. The van der Waals surface area contributed by atoms with Gasteiger partial charge in [0.2, 0.25) is 5.91 Å². The first-order chi connectivity index (χ1) is 19.1. The molecule has 4 aliphatic carbocycles. The third kappa shape index (κ3) is 5.40. The summed E-state index contributed by atoms with van der Waals surface area (Å²) in [7, 11) is 1.39. The van der Waals surface area contributed by atoms with Crippen LogP contribution in [0.15, 0.2) is 12.1 Å². The molecule has 2 amide bonds. The van der Waals surface area contributed by atoms with Crippen molar-refractivity contribution in [3.63, 3.8) is 0 Å². The molecule has 40 heavy (non-hydrogen) atoms. The second-order valence-corrected chi connectivity index (χ2v) is 12.9. The first-order valence-electron chi connectivity index (χ1n) is 14.9. The van der Waals surface area contributed by atoms with E-state index in [0.29, 0.717) is 32.2 Å². The number of carboxylic acids is 1. The Labute approximate surface area is 235 Å². The molecule has 220 valence electrons. The lowest BCUT2D eigenvalue weighted by molar-refractivity contribution is -0.150. The van der Waals surface area contributed by atoms with Crippen LogP contribution in [0.25, 0.3) is 0 Å². The summed E-state index contributed by atoms with van der Waals surface area (Å²) in [5.41, 5.74) is -0.428. The fourth-order valence-electron chi connectivity index (χ4n) is 7.54. The minimum absolute atomic E-state index is 0.0259. The Morgan fingerprint density at radius 3 is 2.35 bits per heavy atom. The van der Waals surface area contributed by atoms with Crippen LogP contribution >= 0.6 is 0 Å². The van der Waals surface area contributed by atoms with E-state index in [9.17, 15) is 23.9 Å². The number of carbonyl (C=O) groups excluding carboxylic acids is 2. The van der Waals surface area contributed by atoms with E-state index in [1.165, 1.54) is 19.6 Å². The maximum Gasteiger partial charge on any atom is 0.309 e. The van der Waals surface area contributed by atoms with Crippen molar-refractivity contribution in [2.75, 3.05) is 13.7 Å². The normalized spacial score (nSPS) is 32.1. The Bertz CT molecular complexity index is 1140. The predicted molar refractivity (Wildman–Crippen MR) is 147 cm³/mol. The van der Waals surface area contributed by atoms with Crippen LogP contribution in [-0.2, 0) is 9.59 Å². The van der Waals surface area contributed by atoms with Gasteiger partial charge < -0.3 is 25.2 Å². The molecule has 4 atom stereocenters. The molecule has 9 heteroatoms. The second kappa shape index (κ2) is 11.2. The predicted octanol–water partition coefficient (Wildman–Crippen LogP) is 5.09. The van der Waals surface area contributed by atoms with Gasteiger partial charge in [-0.3, -0.25) is 14.4 Å². The first kappa shape index (κ1) is 28.7. The zero-order valence-corrected chi connectivity index (χ0v) is 23.9. The molecular formula is C31H43FN2O6. The van der Waals surface area contributed by atoms with Crippen molar-refractivity contribution in [3.8, 4) is 11.5 Å². The molecule has 0 heterocycles. The number of amides is 2. The quantitative estimate of drug-likeness (QED) is 0.369. The second-order valence-electron chi connectivity index (χ2n) is 12.9. The van der Waals surface area contributed by atoms with Gasteiger partial charge >= 0.3 is 5.97 Å². The van der Waals surface area contributed by atoms with Crippen molar-refractivity contribution < 1.29 is 33.4 Å². The lowest BCUT2D eigenvalue weighted by Gasteiger charge is -2.42. The van der Waals surface area contributed by atoms with Crippen molar-refractivity contribution in [3.05, 3.63) is 23.5 Å². The number of halogens is 1. The first-order valence-corrected chi connectivity index (χ1v) is 14.9. The van der Waals surface area contributed by atoms with Gasteiger partial charge in [-0.1, -0.05) is 13.3 Å². The Hall–Kier alpha value is -2.84. The van der Waals surface area contributed by atoms with Crippen LogP contribution in [0.2, 0.25) is 0 Å². The number of hydrogen-bond acceptors (Lipinski definition) is 5. The molecule has 5 rings (SSSR count). The number of aliphatic carboxylic acids is 1. The number of carboxylic acid groups (broad SMARTS) is 1. The lowest BCUT2D eigenvalue weighted by Crippen LogP contribution is -2.52. The average Bonchev–Trinajstić information content (AvgIpc) is 3.52. The van der Waals surface area contributed by atoms with E-state index in [2.05, 4.69) is 17.6 Å². The van der Waals surface area contributed by atoms with E-state index >= 15 is 0 Å². The van der Waals surface area contributed by atoms with E-state index < -0.39 is 23.1 Å². The Morgan fingerprint density at radius 2 is 1.75 bits per heavy atom. The molecule has 0 aliphatic heterocycles. The molecule has 4 saturated carbocycles. The molecule has 0 aromatic heterocycles. The Balaban J connectivity index is 1.28. The molecule has 0 spiro atoms. The summed E-state index contributed by atoms with van der Waals surface area (Å²) in [4.78, 5) is 38.6. The molecule has 0 saturated heterocycles. The molecule has 2 bridgehead atoms. The maximum absolute atomic E-state index is 15.0. The Morgan fingerprint density at radius 1 is 1.05 bits per heavy atom. The maximum atomic E-state index is 15.0. The Kier molecular flexibility index (Phi) is 8.03. The summed E-state index contributed by atoms with van der Waals surface area (Å²) in [5.74, 6) is -1.59. The van der Waals surface area contributed by atoms with Crippen LogP contribution in [0.4, 0.5) is 4.39 Å². The summed E-state index contributed by atoms with van der Waals surface area (Å²) < 4.78 is 26.3. The van der Waals surface area contributed by atoms with Crippen molar-refractivity contribution in [1.82, 2.24) is 10.6 Å². The van der Waals surface area contributed by atoms with Crippen LogP contribution in [0, 0.1) is 34.4 Å². The highest BCUT2D eigenvalue weighted by Crippen LogP contribution is 2.49. The summed E-state index contributed by atoms with van der Waals surface area (Å²) in [5, 5.41) is 15.8. The van der Waals surface area contributed by atoms with E-state index in [4.69, 9.17) is 9.47 Å². The van der Waals surface area contributed by atoms with Crippen molar-refractivity contribution in [2.45, 2.75) is 96.6 Å². The molecule has 8 nitrogen and oxygen atoms in total. The highest BCUT2D eigenvalue weighted by molar-refractivity contribution is 5.98. The van der Waals surface area contributed by atoms with Gasteiger partial charge in [0.15, 0.2) is 11.6 Å². The van der Waals surface area contributed by atoms with Gasteiger partial charge in [-0.2, -0.15) is 0 Å². The van der Waals surface area contributed by atoms with Crippen LogP contribution in [0.5, 0.6) is 11.5 Å². The fourth-order valence-corrected chi connectivity index (χ4v) is 7.54. The third-order valence-electron chi connectivity index (χ3n) is 10.7. The zero-order valence-electron chi connectivity index (χ0n) is 23.9. The molecule has 4 aliphatic rings. The standard InChI is InChI=1S/C31H43FN2O6/c1-4-31(10-5-11-31)17-33-28(36)25-18-6-7-19(14-18)26(25)34-27(35)21-15-24(22(32)16-23(21)39-3)40-20-8-12-30(2,13-9-20)29(37)38/h15-16,18-20,25-26H,4-14,17H2,1-3H3,(H,33,36)(H,34,35)(H,37,38). The van der Waals surface area contributed by atoms with E-state index in [-0.39, 0.29) is 58.3 Å². The van der Waals surface area contributed by atoms with E-state index in [1.807, 2.05) is 0 Å². The SMILES string of the molecule is CCC1(CNC(=O)C2C3CCC(C3)C2NC(=O)c2cc(OC3CCC(C)(C(=O)O)CC3)c(F)cc2OC)CCC1. The van der Waals surface area contributed by atoms with Gasteiger partial charge in [-0.25, -0.2) is 4.39 Å². The molecule has 0 radical (unpaired) electrons. The van der Waals surface area contributed by atoms with Crippen LogP contribution in [0.1, 0.15) is 94.8 Å². The summed E-state index contributed by atoms with van der Waals surface area (Å²) >= 11 is 0. The molecule has 4 fully saturated rings. The number of nitrogens with one attached hydrogen (secondary N) is 2. The molecule has 3 N–H and O–H groups in total. The van der Waals surface area contributed by atoms with Gasteiger partial charge in [-0.15, -0.1) is 0 Å². The largest absolute Gasteiger partial charge is 0.496 e. The van der Waals surface area contributed by atoms with Crippen LogP contribution < -0.4 is 20.1 Å². The minimum atomic E-state index is -0.832. The lowest BCUT2D eigenvalue weighted by atomic mass is 9.67. The number of ether oxygens (including phenoxy) is 2. The molecule has 1 aromatic rings. The summed E-state index contributed by atoms with van der Waals surface area (Å²) in [6, 6.07) is 2.25. The number of fused-ring (bicyclic) bond motifs is 2. The van der Waals surface area contributed by atoms with Gasteiger partial charge in [0.05, 0.1) is 30.1 Å². The van der Waals surface area contributed by atoms with Crippen molar-refractivity contribution in [2.24, 2.45) is 28.6 Å². The number of methoxy groups -OCH3 is 1.